The lowest BCUT2D eigenvalue weighted by atomic mass is 9.87. The van der Waals surface area contributed by atoms with E-state index in [4.69, 9.17) is 5.73 Å². The molecule has 0 spiro atoms. The molecule has 2 N–H and O–H groups in total. The summed E-state index contributed by atoms with van der Waals surface area (Å²) in [6.45, 7) is 4.41. The minimum absolute atomic E-state index is 0.557. The van der Waals surface area contributed by atoms with Crippen molar-refractivity contribution in [1.82, 2.24) is 4.90 Å². The van der Waals surface area contributed by atoms with E-state index >= 15 is 0 Å². The van der Waals surface area contributed by atoms with E-state index in [0.717, 1.165) is 12.5 Å². The fraction of sp³-hybridized carbons (Fsp3) is 0.765. The summed E-state index contributed by atoms with van der Waals surface area (Å²) in [4.78, 5) is 4.32. The van der Waals surface area contributed by atoms with Crippen LogP contribution in [0.15, 0.2) is 11.4 Å². The van der Waals surface area contributed by atoms with Crippen LogP contribution >= 0.6 is 11.3 Å². The Morgan fingerprint density at radius 2 is 2.05 bits per heavy atom. The minimum atomic E-state index is 0.557. The van der Waals surface area contributed by atoms with Gasteiger partial charge in [-0.05, 0) is 49.1 Å². The molecule has 20 heavy (non-hydrogen) atoms. The van der Waals surface area contributed by atoms with E-state index < -0.39 is 0 Å². The molecule has 3 rings (SSSR count). The van der Waals surface area contributed by atoms with Crippen molar-refractivity contribution in [2.45, 2.75) is 64.0 Å². The molecule has 1 aliphatic carbocycles. The number of hydrogen-bond donors (Lipinski definition) is 1. The van der Waals surface area contributed by atoms with Gasteiger partial charge in [-0.2, -0.15) is 0 Å². The van der Waals surface area contributed by atoms with Crippen molar-refractivity contribution in [3.05, 3.63) is 21.9 Å². The first-order valence-electron chi connectivity index (χ1n) is 8.33. The van der Waals surface area contributed by atoms with E-state index in [9.17, 15) is 0 Å². The number of thiophene rings is 1. The lowest BCUT2D eigenvalue weighted by Gasteiger charge is -2.42. The number of nitrogens with zero attached hydrogens (tertiary/aromatic N) is 1. The summed E-state index contributed by atoms with van der Waals surface area (Å²) in [5.41, 5.74) is 7.77. The summed E-state index contributed by atoms with van der Waals surface area (Å²) in [6, 6.07) is 3.48. The van der Waals surface area contributed by atoms with E-state index in [1.807, 2.05) is 11.3 Å². The third kappa shape index (κ3) is 2.81. The van der Waals surface area contributed by atoms with Crippen molar-refractivity contribution < 1.29 is 0 Å². The summed E-state index contributed by atoms with van der Waals surface area (Å²) in [6.07, 6.45) is 9.68. The number of rotatable bonds is 3. The predicted molar refractivity (Wildman–Crippen MR) is 87.2 cm³/mol. The molecule has 0 aromatic carbocycles. The van der Waals surface area contributed by atoms with Crippen LogP contribution in [0.4, 0.5) is 0 Å². The summed E-state index contributed by atoms with van der Waals surface area (Å²) < 4.78 is 0. The summed E-state index contributed by atoms with van der Waals surface area (Å²) >= 11 is 1.93. The van der Waals surface area contributed by atoms with Crippen LogP contribution in [0.3, 0.4) is 0 Å². The van der Waals surface area contributed by atoms with Crippen LogP contribution in [0.25, 0.3) is 0 Å². The molecule has 2 aliphatic rings. The first kappa shape index (κ1) is 14.6. The Morgan fingerprint density at radius 1 is 1.30 bits per heavy atom. The zero-order chi connectivity index (χ0) is 13.9. The van der Waals surface area contributed by atoms with Gasteiger partial charge in [0.1, 0.15) is 0 Å². The van der Waals surface area contributed by atoms with Crippen molar-refractivity contribution in [2.75, 3.05) is 13.1 Å². The SMILES string of the molecule is CC1c2ccsc2CCN1C(CN)C1CCCCCC1. The molecule has 0 amide bonds. The summed E-state index contributed by atoms with van der Waals surface area (Å²) in [5.74, 6) is 0.824. The van der Waals surface area contributed by atoms with Gasteiger partial charge in [-0.3, -0.25) is 4.90 Å². The van der Waals surface area contributed by atoms with Crippen LogP contribution < -0.4 is 5.73 Å². The Morgan fingerprint density at radius 3 is 2.75 bits per heavy atom. The van der Waals surface area contributed by atoms with Gasteiger partial charge in [0.2, 0.25) is 0 Å². The Balaban J connectivity index is 1.76. The second kappa shape index (κ2) is 6.59. The van der Waals surface area contributed by atoms with Gasteiger partial charge in [0.05, 0.1) is 0 Å². The molecule has 0 radical (unpaired) electrons. The van der Waals surface area contributed by atoms with E-state index in [-0.39, 0.29) is 0 Å². The van der Waals surface area contributed by atoms with Gasteiger partial charge in [-0.1, -0.05) is 25.7 Å². The number of nitrogens with two attached hydrogens (primary N) is 1. The van der Waals surface area contributed by atoms with Gasteiger partial charge >= 0.3 is 0 Å². The molecule has 1 aromatic rings. The largest absolute Gasteiger partial charge is 0.329 e. The highest BCUT2D eigenvalue weighted by molar-refractivity contribution is 7.10. The van der Waals surface area contributed by atoms with Crippen molar-refractivity contribution in [3.63, 3.8) is 0 Å². The van der Waals surface area contributed by atoms with Gasteiger partial charge in [-0.25, -0.2) is 0 Å². The molecule has 1 aromatic heterocycles. The van der Waals surface area contributed by atoms with E-state index in [1.54, 1.807) is 10.4 Å². The van der Waals surface area contributed by atoms with Gasteiger partial charge in [-0.15, -0.1) is 11.3 Å². The minimum Gasteiger partial charge on any atom is -0.329 e. The first-order valence-corrected chi connectivity index (χ1v) is 9.21. The zero-order valence-corrected chi connectivity index (χ0v) is 13.5. The molecule has 112 valence electrons. The number of hydrogen-bond acceptors (Lipinski definition) is 3. The average Bonchev–Trinajstić information content (AvgIpc) is 2.79. The maximum absolute atomic E-state index is 6.20. The molecule has 1 saturated carbocycles. The van der Waals surface area contributed by atoms with E-state index in [0.29, 0.717) is 12.1 Å². The molecule has 2 nitrogen and oxygen atoms in total. The normalized spacial score (nSPS) is 27.0. The highest BCUT2D eigenvalue weighted by Crippen LogP contribution is 2.37. The molecular formula is C17H28N2S. The van der Waals surface area contributed by atoms with Crippen LogP contribution in [0.2, 0.25) is 0 Å². The van der Waals surface area contributed by atoms with Gasteiger partial charge in [0.15, 0.2) is 0 Å². The smallest absolute Gasteiger partial charge is 0.0334 e. The summed E-state index contributed by atoms with van der Waals surface area (Å²) in [7, 11) is 0. The molecule has 1 fully saturated rings. The van der Waals surface area contributed by atoms with Crippen LogP contribution in [0.5, 0.6) is 0 Å². The van der Waals surface area contributed by atoms with Crippen LogP contribution in [0.1, 0.15) is 61.9 Å². The highest BCUT2D eigenvalue weighted by atomic mass is 32.1. The monoisotopic (exact) mass is 292 g/mol. The topological polar surface area (TPSA) is 29.3 Å². The Bertz CT molecular complexity index is 420. The first-order chi connectivity index (χ1) is 9.81. The molecule has 2 heterocycles. The maximum Gasteiger partial charge on any atom is 0.0334 e. The predicted octanol–water partition coefficient (Wildman–Crippen LogP) is 3.96. The Labute approximate surface area is 127 Å². The lowest BCUT2D eigenvalue weighted by molar-refractivity contribution is 0.0890. The standard InChI is InChI=1S/C17H28N2S/c1-13-15-9-11-20-17(15)8-10-19(13)16(12-18)14-6-4-2-3-5-7-14/h9,11,13-14,16H,2-8,10,12,18H2,1H3. The van der Waals surface area contributed by atoms with Crippen LogP contribution in [-0.4, -0.2) is 24.0 Å². The molecule has 3 heteroatoms. The van der Waals surface area contributed by atoms with Gasteiger partial charge < -0.3 is 5.73 Å². The maximum atomic E-state index is 6.20. The third-order valence-corrected chi connectivity index (χ3v) is 6.43. The van der Waals surface area contributed by atoms with Crippen molar-refractivity contribution >= 4 is 11.3 Å². The second-order valence-corrected chi connectivity index (χ2v) is 7.52. The molecule has 0 saturated heterocycles. The lowest BCUT2D eigenvalue weighted by Crippen LogP contribution is -2.49. The third-order valence-electron chi connectivity index (χ3n) is 5.44. The fourth-order valence-corrected chi connectivity index (χ4v) is 5.24. The molecule has 0 bridgehead atoms. The molecule has 2 unspecified atom stereocenters. The van der Waals surface area contributed by atoms with Crippen molar-refractivity contribution in [2.24, 2.45) is 11.7 Å². The van der Waals surface area contributed by atoms with Crippen molar-refractivity contribution in [1.29, 1.82) is 0 Å². The number of fused-ring (bicyclic) bond motifs is 1. The van der Waals surface area contributed by atoms with Gasteiger partial charge in [0.25, 0.3) is 0 Å². The van der Waals surface area contributed by atoms with Crippen LogP contribution in [-0.2, 0) is 6.42 Å². The molecule has 1 aliphatic heterocycles. The average molecular weight is 292 g/mol. The van der Waals surface area contributed by atoms with Gasteiger partial charge in [0, 0.05) is 30.1 Å². The summed E-state index contributed by atoms with van der Waals surface area (Å²) in [5, 5.41) is 2.26. The molecule has 2 atom stereocenters. The van der Waals surface area contributed by atoms with E-state index in [2.05, 4.69) is 23.3 Å². The second-order valence-electron chi connectivity index (χ2n) is 6.52. The Kier molecular flexibility index (Phi) is 4.79. The zero-order valence-electron chi connectivity index (χ0n) is 12.7. The van der Waals surface area contributed by atoms with Crippen LogP contribution in [0, 0.1) is 5.92 Å². The van der Waals surface area contributed by atoms with Crippen molar-refractivity contribution in [3.8, 4) is 0 Å². The quantitative estimate of drug-likeness (QED) is 0.854. The van der Waals surface area contributed by atoms with E-state index in [1.165, 1.54) is 51.5 Å². The Hall–Kier alpha value is -0.380. The fourth-order valence-electron chi connectivity index (χ4n) is 4.28. The highest BCUT2D eigenvalue weighted by Gasteiger charge is 2.33. The molecular weight excluding hydrogens is 264 g/mol.